The van der Waals surface area contributed by atoms with Crippen LogP contribution in [0.2, 0.25) is 0 Å². The van der Waals surface area contributed by atoms with Crippen LogP contribution in [0.15, 0.2) is 34.9 Å². The third-order valence-corrected chi connectivity index (χ3v) is 3.74. The van der Waals surface area contributed by atoms with E-state index in [1.165, 1.54) is 16.7 Å². The van der Waals surface area contributed by atoms with Gasteiger partial charge >= 0.3 is 0 Å². The van der Waals surface area contributed by atoms with Gasteiger partial charge in [-0.3, -0.25) is 0 Å². The second kappa shape index (κ2) is 4.88. The molecule has 3 heteroatoms. The Bertz CT molecular complexity index is 550. The highest BCUT2D eigenvalue weighted by molar-refractivity contribution is 9.10. The number of anilines is 2. The zero-order valence-electron chi connectivity index (χ0n) is 10.2. The lowest BCUT2D eigenvalue weighted by atomic mass is 10.1. The predicted octanol–water partition coefficient (Wildman–Crippen LogP) is 4.51. The van der Waals surface area contributed by atoms with Crippen molar-refractivity contribution in [2.45, 2.75) is 20.8 Å². The van der Waals surface area contributed by atoms with Crippen molar-refractivity contribution in [2.24, 2.45) is 0 Å². The smallest absolute Gasteiger partial charge is 0.130 e. The van der Waals surface area contributed by atoms with E-state index in [4.69, 9.17) is 0 Å². The number of rotatable bonds is 2. The zero-order chi connectivity index (χ0) is 12.4. The van der Waals surface area contributed by atoms with Gasteiger partial charge in [0.1, 0.15) is 5.82 Å². The van der Waals surface area contributed by atoms with E-state index in [0.717, 1.165) is 16.0 Å². The Morgan fingerprint density at radius 2 is 1.88 bits per heavy atom. The van der Waals surface area contributed by atoms with Crippen LogP contribution in [0.3, 0.4) is 0 Å². The molecule has 17 heavy (non-hydrogen) atoms. The highest BCUT2D eigenvalue weighted by atomic mass is 79.9. The normalized spacial score (nSPS) is 10.4. The summed E-state index contributed by atoms with van der Waals surface area (Å²) in [6.45, 7) is 6.28. The number of halogens is 1. The number of benzene rings is 1. The first-order valence-corrected chi connectivity index (χ1v) is 6.32. The van der Waals surface area contributed by atoms with E-state index in [2.05, 4.69) is 65.2 Å². The van der Waals surface area contributed by atoms with Gasteiger partial charge in [-0.2, -0.15) is 0 Å². The summed E-state index contributed by atoms with van der Waals surface area (Å²) in [5.74, 6) is 0.874. The number of nitrogens with zero attached hydrogens (tertiary/aromatic N) is 1. The van der Waals surface area contributed by atoms with Gasteiger partial charge in [0.25, 0.3) is 0 Å². The molecular weight excluding hydrogens is 276 g/mol. The third-order valence-electron chi connectivity index (χ3n) is 2.91. The van der Waals surface area contributed by atoms with Crippen LogP contribution in [0, 0.1) is 20.8 Å². The summed E-state index contributed by atoms with van der Waals surface area (Å²) in [4.78, 5) is 4.35. The summed E-state index contributed by atoms with van der Waals surface area (Å²) in [5, 5.41) is 3.35. The van der Waals surface area contributed by atoms with Gasteiger partial charge in [0, 0.05) is 16.4 Å². The number of aryl methyl sites for hydroxylation is 2. The highest BCUT2D eigenvalue weighted by Gasteiger charge is 2.03. The first kappa shape index (κ1) is 12.1. The maximum Gasteiger partial charge on any atom is 0.130 e. The van der Waals surface area contributed by atoms with Crippen LogP contribution >= 0.6 is 15.9 Å². The largest absolute Gasteiger partial charge is 0.340 e. The molecule has 1 N–H and O–H groups in total. The second-order valence-electron chi connectivity index (χ2n) is 4.19. The molecule has 0 amide bonds. The Morgan fingerprint density at radius 1 is 1.12 bits per heavy atom. The molecule has 88 valence electrons. The summed E-state index contributed by atoms with van der Waals surface area (Å²) in [6, 6.07) is 8.27. The molecular formula is C14H15BrN2. The van der Waals surface area contributed by atoms with Crippen molar-refractivity contribution in [3.8, 4) is 0 Å². The van der Waals surface area contributed by atoms with E-state index in [9.17, 15) is 0 Å². The van der Waals surface area contributed by atoms with Crippen LogP contribution in [0.4, 0.5) is 11.5 Å². The molecule has 0 spiro atoms. The summed E-state index contributed by atoms with van der Waals surface area (Å²) in [7, 11) is 0. The lowest BCUT2D eigenvalue weighted by Crippen LogP contribution is -1.97. The number of hydrogen-bond acceptors (Lipinski definition) is 2. The van der Waals surface area contributed by atoms with Gasteiger partial charge in [-0.05, 0) is 65.5 Å². The lowest BCUT2D eigenvalue weighted by molar-refractivity contribution is 1.24. The Kier molecular flexibility index (Phi) is 3.48. The fourth-order valence-electron chi connectivity index (χ4n) is 1.63. The number of hydrogen-bond donors (Lipinski definition) is 1. The molecule has 0 aliphatic rings. The highest BCUT2D eigenvalue weighted by Crippen LogP contribution is 2.23. The maximum absolute atomic E-state index is 4.35. The minimum atomic E-state index is 0.874. The molecule has 0 atom stereocenters. The van der Waals surface area contributed by atoms with Crippen molar-refractivity contribution < 1.29 is 0 Å². The van der Waals surface area contributed by atoms with Crippen molar-refractivity contribution >= 4 is 27.4 Å². The second-order valence-corrected chi connectivity index (χ2v) is 5.05. The van der Waals surface area contributed by atoms with Crippen LogP contribution in [0.5, 0.6) is 0 Å². The lowest BCUT2D eigenvalue weighted by Gasteiger charge is -2.11. The van der Waals surface area contributed by atoms with Crippen molar-refractivity contribution in [3.63, 3.8) is 0 Å². The molecule has 1 aromatic heterocycles. The van der Waals surface area contributed by atoms with Gasteiger partial charge in [-0.1, -0.05) is 12.1 Å². The molecule has 0 aliphatic heterocycles. The van der Waals surface area contributed by atoms with E-state index in [0.29, 0.717) is 0 Å². The molecule has 0 unspecified atom stereocenters. The predicted molar refractivity (Wildman–Crippen MR) is 75.9 cm³/mol. The molecule has 0 fully saturated rings. The molecule has 1 heterocycles. The van der Waals surface area contributed by atoms with Gasteiger partial charge in [-0.15, -0.1) is 0 Å². The third kappa shape index (κ3) is 2.67. The Morgan fingerprint density at radius 3 is 2.59 bits per heavy atom. The van der Waals surface area contributed by atoms with Crippen LogP contribution < -0.4 is 5.32 Å². The topological polar surface area (TPSA) is 24.9 Å². The first-order chi connectivity index (χ1) is 8.08. The van der Waals surface area contributed by atoms with E-state index in [1.807, 2.05) is 12.3 Å². The van der Waals surface area contributed by atoms with Crippen LogP contribution in [-0.2, 0) is 0 Å². The van der Waals surface area contributed by atoms with E-state index < -0.39 is 0 Å². The number of nitrogens with one attached hydrogen (secondary N) is 1. The Hall–Kier alpha value is -1.35. The fourth-order valence-corrected chi connectivity index (χ4v) is 1.85. The minimum absolute atomic E-state index is 0.874. The molecule has 2 rings (SSSR count). The van der Waals surface area contributed by atoms with Crippen molar-refractivity contribution in [1.82, 2.24) is 4.98 Å². The molecule has 1 aromatic carbocycles. The molecule has 0 aliphatic carbocycles. The zero-order valence-corrected chi connectivity index (χ0v) is 11.8. The van der Waals surface area contributed by atoms with Gasteiger partial charge in [0.05, 0.1) is 0 Å². The molecule has 0 bridgehead atoms. The molecule has 0 saturated carbocycles. The SMILES string of the molecule is Cc1cc(Nc2cccc(C)c2C)ncc1Br. The monoisotopic (exact) mass is 290 g/mol. The van der Waals surface area contributed by atoms with Gasteiger partial charge in [-0.25, -0.2) is 4.98 Å². The first-order valence-electron chi connectivity index (χ1n) is 5.53. The maximum atomic E-state index is 4.35. The van der Waals surface area contributed by atoms with E-state index >= 15 is 0 Å². The van der Waals surface area contributed by atoms with Gasteiger partial charge < -0.3 is 5.32 Å². The van der Waals surface area contributed by atoms with Crippen LogP contribution in [0.25, 0.3) is 0 Å². The van der Waals surface area contributed by atoms with Gasteiger partial charge in [0.2, 0.25) is 0 Å². The van der Waals surface area contributed by atoms with Gasteiger partial charge in [0.15, 0.2) is 0 Å². The summed E-state index contributed by atoms with van der Waals surface area (Å²) in [5.41, 5.74) is 4.82. The summed E-state index contributed by atoms with van der Waals surface area (Å²) in [6.07, 6.45) is 1.82. The fraction of sp³-hybridized carbons (Fsp3) is 0.214. The Balaban J connectivity index is 2.31. The standard InChI is InChI=1S/C14H15BrN2/c1-9-5-4-6-13(11(9)3)17-14-7-10(2)12(15)8-16-14/h4-8H,1-3H3,(H,16,17). The average molecular weight is 291 g/mol. The van der Waals surface area contributed by atoms with E-state index in [-0.39, 0.29) is 0 Å². The van der Waals surface area contributed by atoms with E-state index in [1.54, 1.807) is 0 Å². The molecule has 0 radical (unpaired) electrons. The Labute approximate surface area is 110 Å². The van der Waals surface area contributed by atoms with Crippen molar-refractivity contribution in [3.05, 3.63) is 51.6 Å². The van der Waals surface area contributed by atoms with Crippen LogP contribution in [0.1, 0.15) is 16.7 Å². The molecule has 2 nitrogen and oxygen atoms in total. The van der Waals surface area contributed by atoms with Crippen molar-refractivity contribution in [1.29, 1.82) is 0 Å². The minimum Gasteiger partial charge on any atom is -0.340 e. The average Bonchev–Trinajstić information content (AvgIpc) is 2.30. The summed E-state index contributed by atoms with van der Waals surface area (Å²) < 4.78 is 1.03. The van der Waals surface area contributed by atoms with Crippen molar-refractivity contribution in [2.75, 3.05) is 5.32 Å². The molecule has 2 aromatic rings. The number of pyridine rings is 1. The molecule has 0 saturated heterocycles. The number of aromatic nitrogens is 1. The van der Waals surface area contributed by atoms with Crippen LogP contribution in [-0.4, -0.2) is 4.98 Å². The summed E-state index contributed by atoms with van der Waals surface area (Å²) >= 11 is 3.45. The quantitative estimate of drug-likeness (QED) is 0.880.